The van der Waals surface area contributed by atoms with E-state index >= 15 is 0 Å². The topological polar surface area (TPSA) is 108 Å². The molecule has 87 heavy (non-hydrogen) atoms. The van der Waals surface area contributed by atoms with Gasteiger partial charge in [-0.2, -0.15) is 0 Å². The number of likely N-dealkylation sites (N-methyl/N-ethyl adjacent to an activating group) is 1. The lowest BCUT2D eigenvalue weighted by Gasteiger charge is -2.25. The van der Waals surface area contributed by atoms with Crippen molar-refractivity contribution in [1.29, 1.82) is 0 Å². The molecule has 0 bridgehead atoms. The van der Waals surface area contributed by atoms with Gasteiger partial charge in [0.25, 0.3) is 6.29 Å². The molecule has 0 aliphatic rings. The second-order valence-electron chi connectivity index (χ2n) is 22.7. The summed E-state index contributed by atoms with van der Waals surface area (Å²) in [5, 5.41) is 9.74. The Bertz CT molecular complexity index is 2130. The highest BCUT2D eigenvalue weighted by Crippen LogP contribution is 2.14. The standard InChI is InChI=1S/C78H121NO8/c1-6-8-10-12-14-16-18-20-22-24-26-28-30-32-34-35-36-37-38-39-40-41-43-45-47-49-51-53-55-57-59-61-63-65-67-69-76(81)87-74(73-86-78(77(82)83)84-71-70-79(3,4)5)72-85-75(80)68-66-64-62-60-58-56-54-52-50-48-46-44-42-33-31-29-27-25-23-21-19-17-15-13-11-9-7-2/h8-11,14-17,20-23,26-29,32-34,36-37,39-40,42-43,45-46,48-49,51-52,54,74,78H,6-7,12-13,18-19,24-25,30-31,35,38,41,44,47,50,53,55-73H2,1-5H3/p+1/b10-8-,11-9-,16-14-,17-15-,22-20-,23-21-,28-26-,29-27-,34-32-,37-36-,40-39-,42-33-,45-43-,48-46-,51-49-,54-52-. The molecule has 0 radical (unpaired) electrons. The molecule has 9 heteroatoms. The third-order valence-corrected chi connectivity index (χ3v) is 13.3. The minimum absolute atomic E-state index is 0.170. The Labute approximate surface area is 532 Å². The molecular weight excluding hydrogens is 1080 g/mol. The molecule has 2 atom stereocenters. The van der Waals surface area contributed by atoms with Crippen LogP contribution in [0, 0.1) is 0 Å². The fourth-order valence-corrected chi connectivity index (χ4v) is 8.28. The van der Waals surface area contributed by atoms with E-state index < -0.39 is 24.3 Å². The summed E-state index contributed by atoms with van der Waals surface area (Å²) in [7, 11) is 5.95. The van der Waals surface area contributed by atoms with Crippen LogP contribution in [-0.2, 0) is 33.3 Å². The lowest BCUT2D eigenvalue weighted by molar-refractivity contribution is -0.870. The zero-order valence-corrected chi connectivity index (χ0v) is 55.3. The van der Waals surface area contributed by atoms with Gasteiger partial charge >= 0.3 is 17.9 Å². The monoisotopic (exact) mass is 1200 g/mol. The summed E-state index contributed by atoms with van der Waals surface area (Å²) in [6, 6.07) is 0. The molecule has 1 N–H and O–H groups in total. The first-order valence-electron chi connectivity index (χ1n) is 33.6. The molecule has 0 saturated carbocycles. The van der Waals surface area contributed by atoms with Crippen molar-refractivity contribution in [2.75, 3.05) is 47.5 Å². The second-order valence-corrected chi connectivity index (χ2v) is 22.7. The molecular formula is C78H122NO8+. The lowest BCUT2D eigenvalue weighted by Crippen LogP contribution is -2.40. The van der Waals surface area contributed by atoms with Crippen molar-refractivity contribution in [2.24, 2.45) is 0 Å². The molecule has 0 aliphatic carbocycles. The van der Waals surface area contributed by atoms with E-state index in [4.69, 9.17) is 18.9 Å². The number of carbonyl (C=O) groups excluding carboxylic acids is 2. The zero-order valence-electron chi connectivity index (χ0n) is 55.3. The fourth-order valence-electron chi connectivity index (χ4n) is 8.28. The summed E-state index contributed by atoms with van der Waals surface area (Å²) in [5.74, 6) is -2.07. The van der Waals surface area contributed by atoms with E-state index in [1.165, 1.54) is 19.3 Å². The number of ether oxygens (including phenoxy) is 4. The average Bonchev–Trinajstić information content (AvgIpc) is 3.56. The van der Waals surface area contributed by atoms with Crippen molar-refractivity contribution in [3.05, 3.63) is 194 Å². The third-order valence-electron chi connectivity index (χ3n) is 13.3. The number of allylic oxidation sites excluding steroid dienone is 32. The second kappa shape index (κ2) is 66.1. The van der Waals surface area contributed by atoms with Crippen molar-refractivity contribution in [3.63, 3.8) is 0 Å². The Hall–Kier alpha value is -5.87. The highest BCUT2D eigenvalue weighted by atomic mass is 16.7. The number of hydrogen-bond acceptors (Lipinski definition) is 7. The minimum Gasteiger partial charge on any atom is -0.477 e. The van der Waals surface area contributed by atoms with Crippen LogP contribution in [0.1, 0.15) is 219 Å². The predicted octanol–water partition coefficient (Wildman–Crippen LogP) is 21.0. The molecule has 0 rings (SSSR count). The van der Waals surface area contributed by atoms with Crippen LogP contribution in [0.5, 0.6) is 0 Å². The van der Waals surface area contributed by atoms with Gasteiger partial charge in [-0.05, 0) is 141 Å². The maximum Gasteiger partial charge on any atom is 0.361 e. The average molecular weight is 1200 g/mol. The highest BCUT2D eigenvalue weighted by Gasteiger charge is 2.25. The van der Waals surface area contributed by atoms with Gasteiger partial charge in [0.05, 0.1) is 34.4 Å². The van der Waals surface area contributed by atoms with Crippen LogP contribution in [0.15, 0.2) is 194 Å². The minimum atomic E-state index is -1.53. The van der Waals surface area contributed by atoms with Crippen molar-refractivity contribution in [1.82, 2.24) is 0 Å². The number of unbranched alkanes of at least 4 members (excludes halogenated alkanes) is 12. The number of hydrogen-bond donors (Lipinski definition) is 1. The van der Waals surface area contributed by atoms with E-state index in [1.54, 1.807) is 0 Å². The molecule has 0 aromatic rings. The number of carboxylic acid groups (broad SMARTS) is 1. The summed E-state index contributed by atoms with van der Waals surface area (Å²) in [5.41, 5.74) is 0. The van der Waals surface area contributed by atoms with Gasteiger partial charge in [0.2, 0.25) is 0 Å². The number of aliphatic carboxylic acids is 1. The van der Waals surface area contributed by atoms with Gasteiger partial charge in [0.15, 0.2) is 6.10 Å². The highest BCUT2D eigenvalue weighted by molar-refractivity contribution is 5.71. The van der Waals surface area contributed by atoms with Gasteiger partial charge in [-0.1, -0.05) is 260 Å². The van der Waals surface area contributed by atoms with E-state index in [0.717, 1.165) is 161 Å². The Kier molecular flexibility index (Phi) is 61.6. The normalized spacial score (nSPS) is 14.0. The first-order chi connectivity index (χ1) is 42.6. The van der Waals surface area contributed by atoms with E-state index in [2.05, 4.69) is 208 Å². The summed E-state index contributed by atoms with van der Waals surface area (Å²) in [6.07, 6.45) is 99.5. The van der Waals surface area contributed by atoms with Crippen molar-refractivity contribution in [3.8, 4) is 0 Å². The molecule has 9 nitrogen and oxygen atoms in total. The van der Waals surface area contributed by atoms with Crippen LogP contribution in [-0.4, -0.2) is 87.4 Å². The quantitative estimate of drug-likeness (QED) is 0.0211. The molecule has 2 unspecified atom stereocenters. The number of quaternary nitrogens is 1. The molecule has 486 valence electrons. The third kappa shape index (κ3) is 67.5. The largest absolute Gasteiger partial charge is 0.477 e. The Morgan fingerprint density at radius 3 is 0.920 bits per heavy atom. The van der Waals surface area contributed by atoms with Crippen LogP contribution in [0.3, 0.4) is 0 Å². The summed E-state index contributed by atoms with van der Waals surface area (Å²) < 4.78 is 22.9. The first kappa shape index (κ1) is 81.1. The maximum atomic E-state index is 12.9. The van der Waals surface area contributed by atoms with E-state index in [-0.39, 0.29) is 38.6 Å². The van der Waals surface area contributed by atoms with Gasteiger partial charge in [0.1, 0.15) is 13.2 Å². The number of nitrogens with zero attached hydrogens (tertiary/aromatic N) is 1. The SMILES string of the molecule is CC/C=C\C/C=C\C/C=C\C/C=C\C/C=C\C/C=C\C/C=C\C/C=C\C/C=C\CCCCCCCCCC(=O)OC(COC(=O)CCCCCCC/C=C\C/C=C\C/C=C\C/C=C\C/C=C\C/C=C\C/C=C\CC)COC(OCC[N+](C)(C)C)C(=O)O. The Morgan fingerprint density at radius 1 is 0.345 bits per heavy atom. The van der Waals surface area contributed by atoms with E-state index in [0.29, 0.717) is 23.9 Å². The van der Waals surface area contributed by atoms with Gasteiger partial charge < -0.3 is 28.5 Å². The molecule has 0 spiro atoms. The van der Waals surface area contributed by atoms with Gasteiger partial charge in [0, 0.05) is 12.8 Å². The smallest absolute Gasteiger partial charge is 0.361 e. The molecule has 0 amide bonds. The molecule has 0 fully saturated rings. The maximum absolute atomic E-state index is 12.9. The number of rotatable bonds is 59. The van der Waals surface area contributed by atoms with E-state index in [1.807, 2.05) is 21.1 Å². The number of carbonyl (C=O) groups is 3. The van der Waals surface area contributed by atoms with Gasteiger partial charge in [-0.25, -0.2) is 4.79 Å². The molecule has 0 aliphatic heterocycles. The van der Waals surface area contributed by atoms with Crippen LogP contribution in [0.4, 0.5) is 0 Å². The van der Waals surface area contributed by atoms with Crippen LogP contribution < -0.4 is 0 Å². The molecule has 0 heterocycles. The number of carboxylic acids is 1. The van der Waals surface area contributed by atoms with Crippen molar-refractivity contribution < 1.29 is 42.9 Å². The Morgan fingerprint density at radius 2 is 0.621 bits per heavy atom. The number of esters is 2. The first-order valence-corrected chi connectivity index (χ1v) is 33.6. The Balaban J connectivity index is 4.30. The van der Waals surface area contributed by atoms with E-state index in [9.17, 15) is 19.5 Å². The predicted molar refractivity (Wildman–Crippen MR) is 372 cm³/mol. The zero-order chi connectivity index (χ0) is 63.3. The molecule has 0 aromatic carbocycles. The fraction of sp³-hybridized carbons (Fsp3) is 0.551. The van der Waals surface area contributed by atoms with Crippen molar-refractivity contribution in [2.45, 2.75) is 232 Å². The van der Waals surface area contributed by atoms with Gasteiger partial charge in [-0.15, -0.1) is 0 Å². The van der Waals surface area contributed by atoms with Crippen LogP contribution in [0.25, 0.3) is 0 Å². The van der Waals surface area contributed by atoms with Crippen LogP contribution >= 0.6 is 0 Å². The van der Waals surface area contributed by atoms with Gasteiger partial charge in [-0.3, -0.25) is 9.59 Å². The van der Waals surface area contributed by atoms with Crippen LogP contribution in [0.2, 0.25) is 0 Å². The van der Waals surface area contributed by atoms with Crippen molar-refractivity contribution >= 4 is 17.9 Å². The molecule has 0 saturated heterocycles. The lowest BCUT2D eigenvalue weighted by atomic mass is 10.1. The molecule has 0 aromatic heterocycles. The summed E-state index contributed by atoms with van der Waals surface area (Å²) in [4.78, 5) is 37.6. The summed E-state index contributed by atoms with van der Waals surface area (Å²) in [6.45, 7) is 4.58. The summed E-state index contributed by atoms with van der Waals surface area (Å²) >= 11 is 0.